The van der Waals surface area contributed by atoms with E-state index in [1.165, 1.54) is 45.2 Å². The second-order valence-corrected chi connectivity index (χ2v) is 6.32. The van der Waals surface area contributed by atoms with Crippen LogP contribution in [0.1, 0.15) is 51.9 Å². The molecule has 0 aromatic heterocycles. The third-order valence-corrected chi connectivity index (χ3v) is 4.86. The zero-order valence-corrected chi connectivity index (χ0v) is 12.1. The molecule has 0 saturated heterocycles. The summed E-state index contributed by atoms with van der Waals surface area (Å²) in [5.74, 6) is 1.00. The Balaban J connectivity index is 1.71. The highest BCUT2D eigenvalue weighted by Crippen LogP contribution is 2.35. The van der Waals surface area contributed by atoms with Crippen molar-refractivity contribution >= 4 is 0 Å². The van der Waals surface area contributed by atoms with E-state index in [1.807, 2.05) is 7.05 Å². The van der Waals surface area contributed by atoms with Crippen molar-refractivity contribution in [1.82, 2.24) is 10.2 Å². The van der Waals surface area contributed by atoms with Gasteiger partial charge in [-0.2, -0.15) is 0 Å². The van der Waals surface area contributed by atoms with Crippen molar-refractivity contribution in [3.63, 3.8) is 0 Å². The second kappa shape index (κ2) is 6.36. The van der Waals surface area contributed by atoms with E-state index in [4.69, 9.17) is 0 Å². The minimum atomic E-state index is -0.0468. The quantitative estimate of drug-likeness (QED) is 0.626. The molecular formula is C15H30N2O. The van der Waals surface area contributed by atoms with Crippen LogP contribution in [0.2, 0.25) is 0 Å². The number of aliphatic hydroxyl groups is 1. The molecule has 1 atom stereocenters. The molecule has 3 heteroatoms. The van der Waals surface area contributed by atoms with E-state index in [9.17, 15) is 5.11 Å². The van der Waals surface area contributed by atoms with E-state index in [2.05, 4.69) is 17.1 Å². The Labute approximate surface area is 112 Å². The van der Waals surface area contributed by atoms with Crippen molar-refractivity contribution in [1.29, 1.82) is 0 Å². The van der Waals surface area contributed by atoms with Gasteiger partial charge in [-0.15, -0.1) is 0 Å². The lowest BCUT2D eigenvalue weighted by molar-refractivity contribution is 0.144. The van der Waals surface area contributed by atoms with Crippen LogP contribution in [0.5, 0.6) is 0 Å². The summed E-state index contributed by atoms with van der Waals surface area (Å²) < 4.78 is 0. The van der Waals surface area contributed by atoms with E-state index in [1.54, 1.807) is 0 Å². The highest BCUT2D eigenvalue weighted by Gasteiger charge is 2.33. The summed E-state index contributed by atoms with van der Waals surface area (Å²) in [6.45, 7) is 4.98. The highest BCUT2D eigenvalue weighted by atomic mass is 16.3. The summed E-state index contributed by atoms with van der Waals surface area (Å²) in [5.41, 5.74) is -0.0468. The molecule has 0 bridgehead atoms. The molecule has 0 heterocycles. The molecule has 2 fully saturated rings. The van der Waals surface area contributed by atoms with Gasteiger partial charge in [-0.05, 0) is 64.5 Å². The lowest BCUT2D eigenvalue weighted by Crippen LogP contribution is -2.46. The lowest BCUT2D eigenvalue weighted by atomic mass is 9.91. The zero-order chi connectivity index (χ0) is 13.0. The molecule has 0 aromatic rings. The third kappa shape index (κ3) is 3.94. The molecule has 0 aromatic carbocycles. The van der Waals surface area contributed by atoms with Gasteiger partial charge in [0.25, 0.3) is 0 Å². The van der Waals surface area contributed by atoms with Crippen LogP contribution in [0.15, 0.2) is 0 Å². The number of nitrogens with one attached hydrogen (secondary N) is 1. The number of hydrogen-bond acceptors (Lipinski definition) is 3. The second-order valence-electron chi connectivity index (χ2n) is 6.32. The van der Waals surface area contributed by atoms with Crippen molar-refractivity contribution in [3.05, 3.63) is 0 Å². The molecule has 2 N–H and O–H groups in total. The van der Waals surface area contributed by atoms with Gasteiger partial charge < -0.3 is 15.3 Å². The average molecular weight is 254 g/mol. The molecule has 3 nitrogen and oxygen atoms in total. The van der Waals surface area contributed by atoms with Crippen molar-refractivity contribution < 1.29 is 5.11 Å². The predicted molar refractivity (Wildman–Crippen MR) is 75.7 cm³/mol. The number of nitrogens with zero attached hydrogens (tertiary/aromatic N) is 1. The van der Waals surface area contributed by atoms with Crippen LogP contribution in [0.25, 0.3) is 0 Å². The summed E-state index contributed by atoms with van der Waals surface area (Å²) in [6, 6.07) is 0.894. The smallest absolute Gasteiger partial charge is 0.0613 e. The molecule has 0 radical (unpaired) electrons. The lowest BCUT2D eigenvalue weighted by Gasteiger charge is -2.31. The van der Waals surface area contributed by atoms with Gasteiger partial charge in [-0.1, -0.05) is 6.92 Å². The zero-order valence-electron chi connectivity index (χ0n) is 12.1. The Kier molecular flexibility index (Phi) is 5.05. The van der Waals surface area contributed by atoms with Gasteiger partial charge in [0.15, 0.2) is 0 Å². The Morgan fingerprint density at radius 3 is 2.44 bits per heavy atom. The number of aliphatic hydroxyl groups excluding tert-OH is 1. The molecule has 2 aliphatic rings. The number of rotatable bonds is 10. The SMILES string of the molecule is CCC(CO)(CCCN(CC1CC1)C1CC1)NC. The standard InChI is InChI=1S/C15H30N2O/c1-3-15(12-18,16-2)9-4-10-17(14-7-8-14)11-13-5-6-13/h13-14,16,18H,3-12H2,1-2H3. The normalized spacial score (nSPS) is 23.3. The Morgan fingerprint density at radius 1 is 1.28 bits per heavy atom. The van der Waals surface area contributed by atoms with Crippen LogP contribution in [0, 0.1) is 5.92 Å². The van der Waals surface area contributed by atoms with Gasteiger partial charge in [0.2, 0.25) is 0 Å². The first-order chi connectivity index (χ1) is 8.73. The molecular weight excluding hydrogens is 224 g/mol. The maximum Gasteiger partial charge on any atom is 0.0613 e. The third-order valence-electron chi connectivity index (χ3n) is 4.86. The molecule has 18 heavy (non-hydrogen) atoms. The minimum Gasteiger partial charge on any atom is -0.394 e. The molecule has 0 aliphatic heterocycles. The van der Waals surface area contributed by atoms with Crippen molar-refractivity contribution in [2.45, 2.75) is 63.5 Å². The summed E-state index contributed by atoms with van der Waals surface area (Å²) >= 11 is 0. The molecule has 1 unspecified atom stereocenters. The average Bonchev–Trinajstić information content (AvgIpc) is 3.27. The fourth-order valence-corrected chi connectivity index (χ4v) is 2.86. The van der Waals surface area contributed by atoms with E-state index < -0.39 is 0 Å². The Morgan fingerprint density at radius 2 is 2.00 bits per heavy atom. The van der Waals surface area contributed by atoms with Crippen LogP contribution in [0.4, 0.5) is 0 Å². The topological polar surface area (TPSA) is 35.5 Å². The molecule has 0 spiro atoms. The Hall–Kier alpha value is -0.120. The molecule has 106 valence electrons. The van der Waals surface area contributed by atoms with Gasteiger partial charge in [-0.3, -0.25) is 0 Å². The maximum atomic E-state index is 9.54. The first-order valence-electron chi connectivity index (χ1n) is 7.77. The van der Waals surface area contributed by atoms with E-state index in [0.29, 0.717) is 0 Å². The van der Waals surface area contributed by atoms with Gasteiger partial charge in [0.1, 0.15) is 0 Å². The van der Waals surface area contributed by atoms with Crippen LogP contribution in [-0.2, 0) is 0 Å². The first kappa shape index (κ1) is 14.3. The fourth-order valence-electron chi connectivity index (χ4n) is 2.86. The fraction of sp³-hybridized carbons (Fsp3) is 1.00. The van der Waals surface area contributed by atoms with Crippen LogP contribution >= 0.6 is 0 Å². The minimum absolute atomic E-state index is 0.0468. The van der Waals surface area contributed by atoms with E-state index in [-0.39, 0.29) is 12.1 Å². The summed E-state index contributed by atoms with van der Waals surface area (Å²) in [7, 11) is 1.97. The van der Waals surface area contributed by atoms with Gasteiger partial charge >= 0.3 is 0 Å². The predicted octanol–water partition coefficient (Wildman–Crippen LogP) is 2.00. The van der Waals surface area contributed by atoms with Crippen molar-refractivity contribution in [2.75, 3.05) is 26.7 Å². The first-order valence-corrected chi connectivity index (χ1v) is 7.77. The summed E-state index contributed by atoms with van der Waals surface area (Å²) in [4.78, 5) is 2.71. The highest BCUT2D eigenvalue weighted by molar-refractivity contribution is 4.90. The number of likely N-dealkylation sites (N-methyl/N-ethyl adjacent to an activating group) is 1. The number of hydrogen-bond donors (Lipinski definition) is 2. The van der Waals surface area contributed by atoms with Crippen molar-refractivity contribution in [2.24, 2.45) is 5.92 Å². The van der Waals surface area contributed by atoms with Crippen LogP contribution < -0.4 is 5.32 Å². The summed E-state index contributed by atoms with van der Waals surface area (Å²) in [6.07, 6.45) is 9.04. The van der Waals surface area contributed by atoms with E-state index >= 15 is 0 Å². The monoisotopic (exact) mass is 254 g/mol. The molecule has 0 amide bonds. The van der Waals surface area contributed by atoms with Crippen LogP contribution in [-0.4, -0.2) is 48.3 Å². The largest absolute Gasteiger partial charge is 0.394 e. The van der Waals surface area contributed by atoms with Gasteiger partial charge in [-0.25, -0.2) is 0 Å². The molecule has 2 rings (SSSR count). The Bertz CT molecular complexity index is 237. The molecule has 2 aliphatic carbocycles. The van der Waals surface area contributed by atoms with Gasteiger partial charge in [0.05, 0.1) is 6.61 Å². The summed E-state index contributed by atoms with van der Waals surface area (Å²) in [5, 5.41) is 12.9. The molecule has 2 saturated carbocycles. The maximum absolute atomic E-state index is 9.54. The van der Waals surface area contributed by atoms with E-state index in [0.717, 1.165) is 24.8 Å². The van der Waals surface area contributed by atoms with Crippen molar-refractivity contribution in [3.8, 4) is 0 Å². The van der Waals surface area contributed by atoms with Crippen LogP contribution in [0.3, 0.4) is 0 Å². The van der Waals surface area contributed by atoms with Gasteiger partial charge in [0, 0.05) is 18.1 Å².